The van der Waals surface area contributed by atoms with Crippen molar-refractivity contribution in [3.8, 4) is 0 Å². The standard InChI is InChI=1S/C7H7BrN4O3/c8-4-5(7(13)9-3-1-2-3)10-11-6(4)12(14)15/h3H,1-2H2,(H,9,13)(H,10,11). The summed E-state index contributed by atoms with van der Waals surface area (Å²) < 4.78 is 0.0886. The molecule has 0 atom stereocenters. The van der Waals surface area contributed by atoms with E-state index in [9.17, 15) is 14.9 Å². The van der Waals surface area contributed by atoms with Gasteiger partial charge in [-0.2, -0.15) is 0 Å². The topological polar surface area (TPSA) is 101 Å². The van der Waals surface area contributed by atoms with Crippen LogP contribution in [0.2, 0.25) is 0 Å². The van der Waals surface area contributed by atoms with E-state index in [2.05, 4.69) is 31.4 Å². The Bertz CT molecular complexity index is 426. The summed E-state index contributed by atoms with van der Waals surface area (Å²) in [5, 5.41) is 18.9. The van der Waals surface area contributed by atoms with Gasteiger partial charge in [-0.1, -0.05) is 5.10 Å². The molecule has 0 saturated heterocycles. The first kappa shape index (κ1) is 10.1. The largest absolute Gasteiger partial charge is 0.358 e. The molecule has 1 aliphatic carbocycles. The molecule has 0 aliphatic heterocycles. The second-order valence-electron chi connectivity index (χ2n) is 3.24. The summed E-state index contributed by atoms with van der Waals surface area (Å²) in [6, 6.07) is 0.195. The van der Waals surface area contributed by atoms with E-state index in [-0.39, 0.29) is 22.0 Å². The smallest absolute Gasteiger partial charge is 0.357 e. The summed E-state index contributed by atoms with van der Waals surface area (Å²) in [6.45, 7) is 0. The number of aromatic amines is 1. The number of hydrogen-bond acceptors (Lipinski definition) is 4. The summed E-state index contributed by atoms with van der Waals surface area (Å²) in [6.07, 6.45) is 1.91. The van der Waals surface area contributed by atoms with Crippen LogP contribution in [0.1, 0.15) is 23.3 Å². The highest BCUT2D eigenvalue weighted by molar-refractivity contribution is 9.10. The quantitative estimate of drug-likeness (QED) is 0.634. The Kier molecular flexibility index (Phi) is 2.43. The van der Waals surface area contributed by atoms with Crippen molar-refractivity contribution in [2.75, 3.05) is 0 Å². The lowest BCUT2D eigenvalue weighted by molar-refractivity contribution is -0.390. The van der Waals surface area contributed by atoms with Gasteiger partial charge in [0.1, 0.15) is 4.47 Å². The van der Waals surface area contributed by atoms with Gasteiger partial charge in [0, 0.05) is 6.04 Å². The third-order valence-electron chi connectivity index (χ3n) is 2.00. The Hall–Kier alpha value is -1.44. The fourth-order valence-electron chi connectivity index (χ4n) is 1.07. The van der Waals surface area contributed by atoms with Crippen LogP contribution in [0.25, 0.3) is 0 Å². The molecule has 7 nitrogen and oxygen atoms in total. The molecule has 1 amide bonds. The molecular formula is C7H7BrN4O3. The van der Waals surface area contributed by atoms with E-state index in [1.165, 1.54) is 0 Å². The summed E-state index contributed by atoms with van der Waals surface area (Å²) in [5.74, 6) is -0.704. The number of nitrogens with zero attached hydrogens (tertiary/aromatic N) is 2. The highest BCUT2D eigenvalue weighted by Crippen LogP contribution is 2.26. The predicted molar refractivity (Wildman–Crippen MR) is 53.4 cm³/mol. The van der Waals surface area contributed by atoms with Gasteiger partial charge in [-0.15, -0.1) is 5.10 Å². The van der Waals surface area contributed by atoms with Crippen LogP contribution in [0, 0.1) is 10.1 Å². The average Bonchev–Trinajstić information content (AvgIpc) is 2.86. The number of carbonyl (C=O) groups is 1. The number of nitrogens with one attached hydrogen (secondary N) is 2. The van der Waals surface area contributed by atoms with Gasteiger partial charge in [0.2, 0.25) is 0 Å². The van der Waals surface area contributed by atoms with Crippen molar-refractivity contribution in [3.63, 3.8) is 0 Å². The lowest BCUT2D eigenvalue weighted by Crippen LogP contribution is -2.26. The molecule has 8 heteroatoms. The van der Waals surface area contributed by atoms with Gasteiger partial charge in [0.15, 0.2) is 5.69 Å². The van der Waals surface area contributed by atoms with Gasteiger partial charge in [0.25, 0.3) is 5.91 Å². The van der Waals surface area contributed by atoms with Gasteiger partial charge in [0.05, 0.1) is 0 Å². The van der Waals surface area contributed by atoms with E-state index >= 15 is 0 Å². The molecule has 2 rings (SSSR count). The number of aromatic nitrogens is 2. The van der Waals surface area contributed by atoms with Crippen LogP contribution in [0.15, 0.2) is 4.47 Å². The highest BCUT2D eigenvalue weighted by atomic mass is 79.9. The fraction of sp³-hybridized carbons (Fsp3) is 0.429. The normalized spacial score (nSPS) is 15.0. The maximum atomic E-state index is 11.5. The first-order chi connectivity index (χ1) is 7.09. The first-order valence-corrected chi connectivity index (χ1v) is 5.08. The molecule has 1 fully saturated rings. The zero-order valence-corrected chi connectivity index (χ0v) is 9.07. The van der Waals surface area contributed by atoms with Crippen LogP contribution in [-0.4, -0.2) is 27.1 Å². The molecule has 0 bridgehead atoms. The number of amides is 1. The maximum Gasteiger partial charge on any atom is 0.357 e. The minimum Gasteiger partial charge on any atom is -0.358 e. The molecule has 1 aliphatic rings. The summed E-state index contributed by atoms with van der Waals surface area (Å²) >= 11 is 2.97. The summed E-state index contributed by atoms with van der Waals surface area (Å²) in [4.78, 5) is 21.3. The number of halogens is 1. The van der Waals surface area contributed by atoms with Crippen molar-refractivity contribution in [1.82, 2.24) is 15.5 Å². The molecule has 1 aromatic rings. The van der Waals surface area contributed by atoms with E-state index in [1.54, 1.807) is 0 Å². The van der Waals surface area contributed by atoms with Crippen LogP contribution in [0.3, 0.4) is 0 Å². The molecule has 2 N–H and O–H groups in total. The van der Waals surface area contributed by atoms with E-state index in [0.717, 1.165) is 12.8 Å². The molecule has 1 heterocycles. The molecule has 1 saturated carbocycles. The Balaban J connectivity index is 2.20. The average molecular weight is 275 g/mol. The van der Waals surface area contributed by atoms with Gasteiger partial charge >= 0.3 is 5.82 Å². The summed E-state index contributed by atoms with van der Waals surface area (Å²) in [5.41, 5.74) is 0.0219. The van der Waals surface area contributed by atoms with Crippen molar-refractivity contribution in [3.05, 3.63) is 20.3 Å². The van der Waals surface area contributed by atoms with E-state index < -0.39 is 10.8 Å². The molecule has 15 heavy (non-hydrogen) atoms. The zero-order chi connectivity index (χ0) is 11.0. The number of carbonyl (C=O) groups excluding carboxylic acids is 1. The van der Waals surface area contributed by atoms with Crippen LogP contribution in [-0.2, 0) is 0 Å². The van der Waals surface area contributed by atoms with Crippen molar-refractivity contribution in [2.24, 2.45) is 0 Å². The predicted octanol–water partition coefficient (Wildman–Crippen LogP) is 0.973. The monoisotopic (exact) mass is 274 g/mol. The number of nitro groups is 1. The lowest BCUT2D eigenvalue weighted by atomic mass is 10.4. The SMILES string of the molecule is O=C(NC1CC1)c1n[nH]c([N+](=O)[O-])c1Br. The van der Waals surface area contributed by atoms with E-state index in [1.807, 2.05) is 0 Å². The van der Waals surface area contributed by atoms with Crippen molar-refractivity contribution >= 4 is 27.7 Å². The molecule has 0 aromatic carbocycles. The van der Waals surface area contributed by atoms with Crippen LogP contribution in [0.5, 0.6) is 0 Å². The first-order valence-electron chi connectivity index (χ1n) is 4.28. The van der Waals surface area contributed by atoms with Gasteiger partial charge in [-0.05, 0) is 33.7 Å². The Morgan fingerprint density at radius 2 is 2.33 bits per heavy atom. The van der Waals surface area contributed by atoms with E-state index in [4.69, 9.17) is 0 Å². The number of hydrogen-bond donors (Lipinski definition) is 2. The van der Waals surface area contributed by atoms with Crippen molar-refractivity contribution in [2.45, 2.75) is 18.9 Å². The van der Waals surface area contributed by atoms with Crippen molar-refractivity contribution in [1.29, 1.82) is 0 Å². The molecule has 0 radical (unpaired) electrons. The molecule has 1 aromatic heterocycles. The molecule has 80 valence electrons. The molecule has 0 spiro atoms. The minimum absolute atomic E-state index is 0.0219. The van der Waals surface area contributed by atoms with Gasteiger partial charge < -0.3 is 15.4 Å². The Labute approximate surface area is 92.5 Å². The second-order valence-corrected chi connectivity index (χ2v) is 4.03. The molecule has 0 unspecified atom stereocenters. The van der Waals surface area contributed by atoms with Crippen molar-refractivity contribution < 1.29 is 9.72 Å². The van der Waals surface area contributed by atoms with E-state index in [0.29, 0.717) is 0 Å². The highest BCUT2D eigenvalue weighted by Gasteiger charge is 2.29. The Morgan fingerprint density at radius 1 is 1.67 bits per heavy atom. The van der Waals surface area contributed by atoms with Gasteiger partial charge in [-0.25, -0.2) is 0 Å². The lowest BCUT2D eigenvalue weighted by Gasteiger charge is -1.98. The number of H-pyrrole nitrogens is 1. The third kappa shape index (κ3) is 1.99. The number of rotatable bonds is 3. The third-order valence-corrected chi connectivity index (χ3v) is 2.75. The van der Waals surface area contributed by atoms with Crippen LogP contribution < -0.4 is 5.32 Å². The van der Waals surface area contributed by atoms with Crippen LogP contribution >= 0.6 is 15.9 Å². The second kappa shape index (κ2) is 3.61. The summed E-state index contributed by atoms with van der Waals surface area (Å²) in [7, 11) is 0. The fourth-order valence-corrected chi connectivity index (χ4v) is 1.57. The Morgan fingerprint density at radius 3 is 2.80 bits per heavy atom. The maximum absolute atomic E-state index is 11.5. The zero-order valence-electron chi connectivity index (χ0n) is 7.49. The minimum atomic E-state index is -0.634. The van der Waals surface area contributed by atoms with Gasteiger partial charge in [-0.3, -0.25) is 4.79 Å². The molecular weight excluding hydrogens is 268 g/mol. The van der Waals surface area contributed by atoms with Crippen LogP contribution in [0.4, 0.5) is 5.82 Å².